The van der Waals surface area contributed by atoms with E-state index in [0.717, 1.165) is 0 Å². The maximum atomic E-state index is 13.3. The summed E-state index contributed by atoms with van der Waals surface area (Å²) in [7, 11) is 7.11. The molecular formula is C21H18O9. The Morgan fingerprint density at radius 1 is 0.667 bits per heavy atom. The second-order valence-electron chi connectivity index (χ2n) is 6.22. The van der Waals surface area contributed by atoms with Gasteiger partial charge in [0, 0.05) is 11.5 Å². The van der Waals surface area contributed by atoms with Crippen molar-refractivity contribution in [1.82, 2.24) is 0 Å². The number of ether oxygens (including phenoxy) is 5. The van der Waals surface area contributed by atoms with Crippen LogP contribution in [0.1, 0.15) is 0 Å². The highest BCUT2D eigenvalue weighted by Crippen LogP contribution is 2.43. The van der Waals surface area contributed by atoms with Gasteiger partial charge in [0.05, 0.1) is 35.5 Å². The van der Waals surface area contributed by atoms with Crippen LogP contribution in [0.5, 0.6) is 28.7 Å². The first kappa shape index (κ1) is 19.4. The molecule has 0 saturated heterocycles. The highest BCUT2D eigenvalue weighted by atomic mass is 16.5. The molecule has 0 aliphatic carbocycles. The number of methoxy groups -OCH3 is 5. The van der Waals surface area contributed by atoms with E-state index in [4.69, 9.17) is 32.5 Å². The second-order valence-corrected chi connectivity index (χ2v) is 6.22. The zero-order valence-corrected chi connectivity index (χ0v) is 16.9. The summed E-state index contributed by atoms with van der Waals surface area (Å²) in [4.78, 5) is 26.0. The zero-order valence-electron chi connectivity index (χ0n) is 16.9. The minimum atomic E-state index is -0.764. The van der Waals surface area contributed by atoms with Gasteiger partial charge in [0.25, 0.3) is 0 Å². The van der Waals surface area contributed by atoms with Crippen molar-refractivity contribution in [2.24, 2.45) is 0 Å². The lowest BCUT2D eigenvalue weighted by Crippen LogP contribution is -2.11. The van der Waals surface area contributed by atoms with Gasteiger partial charge in [-0.25, -0.2) is 4.79 Å². The van der Waals surface area contributed by atoms with Crippen LogP contribution >= 0.6 is 0 Å². The number of hydrogen-bond donors (Lipinski definition) is 0. The minimum Gasteiger partial charge on any atom is -0.493 e. The quantitative estimate of drug-likeness (QED) is 0.360. The maximum absolute atomic E-state index is 13.3. The van der Waals surface area contributed by atoms with Gasteiger partial charge in [-0.05, 0) is 12.1 Å². The lowest BCUT2D eigenvalue weighted by atomic mass is 10.1. The third kappa shape index (κ3) is 2.55. The van der Waals surface area contributed by atoms with Crippen LogP contribution in [0, 0.1) is 0 Å². The zero-order chi connectivity index (χ0) is 21.6. The third-order valence-electron chi connectivity index (χ3n) is 4.83. The second kappa shape index (κ2) is 7.18. The van der Waals surface area contributed by atoms with Crippen LogP contribution in [0.15, 0.2) is 36.6 Å². The lowest BCUT2D eigenvalue weighted by Gasteiger charge is -2.14. The molecule has 0 N–H and O–H groups in total. The monoisotopic (exact) mass is 414 g/mol. The van der Waals surface area contributed by atoms with Crippen molar-refractivity contribution in [1.29, 1.82) is 0 Å². The molecule has 0 spiro atoms. The smallest absolute Gasteiger partial charge is 0.348 e. The summed E-state index contributed by atoms with van der Waals surface area (Å²) in [6.45, 7) is 0. The Balaban J connectivity index is 2.27. The number of rotatable bonds is 5. The molecular weight excluding hydrogens is 396 g/mol. The van der Waals surface area contributed by atoms with Crippen molar-refractivity contribution in [2.75, 3.05) is 35.5 Å². The molecule has 2 aromatic heterocycles. The van der Waals surface area contributed by atoms with Gasteiger partial charge in [-0.2, -0.15) is 0 Å². The van der Waals surface area contributed by atoms with Gasteiger partial charge in [-0.1, -0.05) is 0 Å². The van der Waals surface area contributed by atoms with E-state index in [1.807, 2.05) is 0 Å². The Hall–Kier alpha value is -3.88. The Morgan fingerprint density at radius 2 is 1.33 bits per heavy atom. The fourth-order valence-electron chi connectivity index (χ4n) is 3.53. The largest absolute Gasteiger partial charge is 0.493 e. The van der Waals surface area contributed by atoms with Crippen LogP contribution in [0.4, 0.5) is 0 Å². The molecule has 0 atom stereocenters. The predicted molar refractivity (Wildman–Crippen MR) is 109 cm³/mol. The summed E-state index contributed by atoms with van der Waals surface area (Å²) in [5.41, 5.74) is -1.35. The van der Waals surface area contributed by atoms with E-state index in [1.54, 1.807) is 12.1 Å². The van der Waals surface area contributed by atoms with Crippen LogP contribution < -0.4 is 34.7 Å². The van der Waals surface area contributed by atoms with Gasteiger partial charge >= 0.3 is 5.63 Å². The first-order chi connectivity index (χ1) is 14.5. The highest BCUT2D eigenvalue weighted by Gasteiger charge is 2.25. The van der Waals surface area contributed by atoms with Crippen LogP contribution in [-0.2, 0) is 0 Å². The summed E-state index contributed by atoms with van der Waals surface area (Å²) >= 11 is 0. The van der Waals surface area contributed by atoms with Crippen molar-refractivity contribution in [3.8, 4) is 28.7 Å². The Bertz CT molecular complexity index is 1410. The molecule has 30 heavy (non-hydrogen) atoms. The number of hydrogen-bond acceptors (Lipinski definition) is 9. The molecule has 0 fully saturated rings. The van der Waals surface area contributed by atoms with Gasteiger partial charge in [-0.3, -0.25) is 4.79 Å². The van der Waals surface area contributed by atoms with Crippen molar-refractivity contribution in [3.05, 3.63) is 38.8 Å². The molecule has 0 aliphatic rings. The van der Waals surface area contributed by atoms with Gasteiger partial charge in [0.15, 0.2) is 28.6 Å². The van der Waals surface area contributed by atoms with E-state index in [-0.39, 0.29) is 44.8 Å². The lowest BCUT2D eigenvalue weighted by molar-refractivity contribution is 0.326. The molecule has 0 bridgehead atoms. The van der Waals surface area contributed by atoms with Crippen LogP contribution in [0.25, 0.3) is 32.9 Å². The Morgan fingerprint density at radius 3 is 1.93 bits per heavy atom. The molecule has 9 heteroatoms. The van der Waals surface area contributed by atoms with E-state index in [0.29, 0.717) is 16.9 Å². The molecule has 0 amide bonds. The standard InChI is InChI=1S/C21H18O9/c1-24-10-7-6-9-13(17(10)26-3)21(23)30-20-15(22)14-11(29-16(9)20)8-12(25-2)18(27-4)19(14)28-5/h6-8H,1-5H3. The van der Waals surface area contributed by atoms with Crippen molar-refractivity contribution in [2.45, 2.75) is 0 Å². The maximum Gasteiger partial charge on any atom is 0.348 e. The van der Waals surface area contributed by atoms with Crippen LogP contribution in [0.3, 0.4) is 0 Å². The van der Waals surface area contributed by atoms with E-state index < -0.39 is 11.1 Å². The average molecular weight is 414 g/mol. The molecule has 0 radical (unpaired) electrons. The highest BCUT2D eigenvalue weighted by molar-refractivity contribution is 6.07. The molecule has 9 nitrogen and oxygen atoms in total. The topological polar surface area (TPSA) is 107 Å². The van der Waals surface area contributed by atoms with Gasteiger partial charge in [-0.15, -0.1) is 0 Å². The molecule has 0 unspecified atom stereocenters. The minimum absolute atomic E-state index is 0.0608. The molecule has 156 valence electrons. The van der Waals surface area contributed by atoms with Crippen LogP contribution in [0.2, 0.25) is 0 Å². The average Bonchev–Trinajstić information content (AvgIpc) is 2.77. The first-order valence-electron chi connectivity index (χ1n) is 8.77. The number of benzene rings is 2. The SMILES string of the molecule is COc1cc2oc3c(oc(=O)c4c(OC)c(OC)ccc43)c(=O)c2c(OC)c1OC. The van der Waals surface area contributed by atoms with Gasteiger partial charge in [0.1, 0.15) is 16.4 Å². The molecule has 0 aliphatic heterocycles. The summed E-state index contributed by atoms with van der Waals surface area (Å²) in [6.07, 6.45) is 0. The summed E-state index contributed by atoms with van der Waals surface area (Å²) in [5, 5.41) is 0.497. The van der Waals surface area contributed by atoms with E-state index in [9.17, 15) is 9.59 Å². The van der Waals surface area contributed by atoms with Crippen molar-refractivity contribution < 1.29 is 32.5 Å². The van der Waals surface area contributed by atoms with Crippen LogP contribution in [-0.4, -0.2) is 35.5 Å². The summed E-state index contributed by atoms with van der Waals surface area (Å²) in [6, 6.07) is 4.72. The predicted octanol–water partition coefficient (Wildman–Crippen LogP) is 3.10. The summed E-state index contributed by atoms with van der Waals surface area (Å²) in [5.74, 6) is 1.16. The molecule has 4 rings (SSSR count). The molecule has 2 heterocycles. The Kier molecular flexibility index (Phi) is 4.65. The summed E-state index contributed by atoms with van der Waals surface area (Å²) < 4.78 is 38.0. The third-order valence-corrected chi connectivity index (χ3v) is 4.83. The molecule has 2 aromatic carbocycles. The Labute approximate surface area is 169 Å². The number of fused-ring (bicyclic) bond motifs is 4. The van der Waals surface area contributed by atoms with Crippen molar-refractivity contribution >= 4 is 32.9 Å². The fourth-order valence-corrected chi connectivity index (χ4v) is 3.53. The van der Waals surface area contributed by atoms with Crippen molar-refractivity contribution in [3.63, 3.8) is 0 Å². The van der Waals surface area contributed by atoms with E-state index in [2.05, 4.69) is 0 Å². The van der Waals surface area contributed by atoms with Gasteiger partial charge in [0.2, 0.25) is 16.8 Å². The molecule has 4 aromatic rings. The normalized spacial score (nSPS) is 11.1. The fraction of sp³-hybridized carbons (Fsp3) is 0.238. The van der Waals surface area contributed by atoms with E-state index in [1.165, 1.54) is 41.6 Å². The molecule has 0 saturated carbocycles. The first-order valence-corrected chi connectivity index (χ1v) is 8.77. The van der Waals surface area contributed by atoms with E-state index >= 15 is 0 Å². The van der Waals surface area contributed by atoms with Gasteiger partial charge < -0.3 is 32.5 Å².